The third kappa shape index (κ3) is 5.12. The molecule has 1 saturated carbocycles. The molecule has 156 valence electrons. The van der Waals surface area contributed by atoms with Gasteiger partial charge >= 0.3 is 0 Å². The number of carbonyl (C=O) groups is 1. The van der Waals surface area contributed by atoms with E-state index in [1.165, 1.54) is 21.9 Å². The van der Waals surface area contributed by atoms with Crippen LogP contribution in [0.2, 0.25) is 0 Å². The Labute approximate surface area is 187 Å². The van der Waals surface area contributed by atoms with E-state index in [2.05, 4.69) is 48.6 Å². The molecule has 0 saturated heterocycles. The number of carbonyl (C=O) groups excluding carboxylic acids is 1. The highest BCUT2D eigenvalue weighted by Gasteiger charge is 2.35. The number of fused-ring (bicyclic) bond motifs is 5. The second kappa shape index (κ2) is 10.2. The van der Waals surface area contributed by atoms with Gasteiger partial charge in [-0.05, 0) is 63.6 Å². The van der Waals surface area contributed by atoms with Crippen LogP contribution in [0.5, 0.6) is 5.75 Å². The van der Waals surface area contributed by atoms with Crippen molar-refractivity contribution in [2.75, 3.05) is 0 Å². The zero-order valence-electron chi connectivity index (χ0n) is 17.4. The summed E-state index contributed by atoms with van der Waals surface area (Å²) in [6.07, 6.45) is 7.45. The van der Waals surface area contributed by atoms with Gasteiger partial charge < -0.3 is 5.11 Å². The smallest absolute Gasteiger partial charge is 0.140 e. The molecule has 1 fully saturated rings. The van der Waals surface area contributed by atoms with E-state index in [1.807, 2.05) is 29.0 Å². The summed E-state index contributed by atoms with van der Waals surface area (Å²) in [5.41, 5.74) is 2.51. The van der Waals surface area contributed by atoms with Gasteiger partial charge in [0, 0.05) is 12.3 Å². The number of hydrogen-bond acceptors (Lipinski definition) is 3. The van der Waals surface area contributed by atoms with Crippen molar-refractivity contribution in [2.24, 2.45) is 5.92 Å². The number of para-hydroxylation sites is 1. The highest BCUT2D eigenvalue weighted by Crippen LogP contribution is 2.43. The molecule has 1 N–H and O–H groups in total. The zero-order chi connectivity index (χ0) is 21.5. The van der Waals surface area contributed by atoms with Crippen molar-refractivity contribution in [3.8, 4) is 5.75 Å². The minimum atomic E-state index is 0.110. The lowest BCUT2D eigenvalue weighted by molar-refractivity contribution is -0.122. The first kappa shape index (κ1) is 21.1. The number of thiophene rings is 1. The molecule has 2 atom stereocenters. The summed E-state index contributed by atoms with van der Waals surface area (Å²) in [4.78, 5) is 12.3. The average Bonchev–Trinajstić information content (AvgIpc) is 3.40. The Balaban J connectivity index is 0.000000158. The first-order chi connectivity index (χ1) is 15.2. The van der Waals surface area contributed by atoms with Crippen LogP contribution >= 0.6 is 11.3 Å². The van der Waals surface area contributed by atoms with E-state index in [0.717, 1.165) is 19.3 Å². The predicted molar refractivity (Wildman–Crippen MR) is 130 cm³/mol. The number of aromatic hydroxyl groups is 1. The number of Topliss-reactive ketones (excluding diaryl/α,β-unsaturated/α-hetero) is 1. The number of ketones is 1. The fourth-order valence-electron chi connectivity index (χ4n) is 4.33. The molecule has 1 aromatic heterocycles. The van der Waals surface area contributed by atoms with Crippen LogP contribution in [0.3, 0.4) is 0 Å². The van der Waals surface area contributed by atoms with Gasteiger partial charge in [0.2, 0.25) is 0 Å². The third-order valence-corrected chi connectivity index (χ3v) is 6.40. The zero-order valence-corrected chi connectivity index (χ0v) is 18.2. The van der Waals surface area contributed by atoms with Gasteiger partial charge in [0.15, 0.2) is 0 Å². The molecule has 3 aromatic carbocycles. The van der Waals surface area contributed by atoms with Crippen molar-refractivity contribution in [1.82, 2.24) is 0 Å². The van der Waals surface area contributed by atoms with E-state index >= 15 is 0 Å². The van der Waals surface area contributed by atoms with Gasteiger partial charge in [-0.1, -0.05) is 78.9 Å². The SMILES string of the molecule is O=C1CCCC2C=Cc3c(ccc4ccccc34)C12.Oc1ccccc1.c1ccsc1. The number of phenolic OH excluding ortho intramolecular Hbond substituents is 1. The van der Waals surface area contributed by atoms with Gasteiger partial charge in [-0.3, -0.25) is 4.79 Å². The molecule has 2 aliphatic rings. The van der Waals surface area contributed by atoms with Crippen LogP contribution in [0.15, 0.2) is 95.7 Å². The molecule has 31 heavy (non-hydrogen) atoms. The second-order valence-corrected chi connectivity index (χ2v) is 8.59. The van der Waals surface area contributed by atoms with Gasteiger partial charge in [0.05, 0.1) is 0 Å². The molecule has 4 aromatic rings. The highest BCUT2D eigenvalue weighted by atomic mass is 32.1. The van der Waals surface area contributed by atoms with Crippen LogP contribution in [-0.4, -0.2) is 10.9 Å². The molecular weight excluding hydrogens is 400 g/mol. The van der Waals surface area contributed by atoms with E-state index in [0.29, 0.717) is 17.5 Å². The molecule has 1 heterocycles. The molecule has 0 aliphatic heterocycles. The maximum atomic E-state index is 12.3. The highest BCUT2D eigenvalue weighted by molar-refractivity contribution is 7.07. The van der Waals surface area contributed by atoms with Crippen LogP contribution in [-0.2, 0) is 4.79 Å². The van der Waals surface area contributed by atoms with E-state index < -0.39 is 0 Å². The summed E-state index contributed by atoms with van der Waals surface area (Å²) in [7, 11) is 0. The summed E-state index contributed by atoms with van der Waals surface area (Å²) in [6.45, 7) is 0. The molecule has 0 amide bonds. The first-order valence-corrected chi connectivity index (χ1v) is 11.6. The molecule has 2 unspecified atom stereocenters. The number of rotatable bonds is 0. The summed E-state index contributed by atoms with van der Waals surface area (Å²) in [5.74, 6) is 1.29. The summed E-state index contributed by atoms with van der Waals surface area (Å²) >= 11 is 1.71. The lowest BCUT2D eigenvalue weighted by Crippen LogP contribution is -2.27. The summed E-state index contributed by atoms with van der Waals surface area (Å²) in [6, 6.07) is 25.5. The average molecular weight is 427 g/mol. The van der Waals surface area contributed by atoms with Gasteiger partial charge in [-0.15, -0.1) is 0 Å². The van der Waals surface area contributed by atoms with Gasteiger partial charge in [0.1, 0.15) is 11.5 Å². The van der Waals surface area contributed by atoms with Gasteiger partial charge in [-0.2, -0.15) is 11.3 Å². The lowest BCUT2D eigenvalue weighted by atomic mass is 9.70. The minimum absolute atomic E-state index is 0.110. The van der Waals surface area contributed by atoms with Crippen LogP contribution in [0.4, 0.5) is 0 Å². The van der Waals surface area contributed by atoms with Crippen molar-refractivity contribution in [2.45, 2.75) is 25.2 Å². The largest absolute Gasteiger partial charge is 0.508 e. The van der Waals surface area contributed by atoms with E-state index in [9.17, 15) is 4.79 Å². The van der Waals surface area contributed by atoms with Gasteiger partial charge in [-0.25, -0.2) is 0 Å². The molecule has 0 radical (unpaired) electrons. The standard InChI is InChI=1S/C18H16O.C6H6O.C4H4S/c19-17-7-3-5-13-9-10-15-14-6-2-1-4-12(14)8-11-16(15)18(13)17;7-6-4-2-1-3-5-6;1-2-4-5-3-1/h1-2,4,6,8-11,13,18H,3,5,7H2;1-5,7H;1-4H. The van der Waals surface area contributed by atoms with E-state index in [4.69, 9.17) is 5.11 Å². The van der Waals surface area contributed by atoms with E-state index in [-0.39, 0.29) is 5.92 Å². The molecule has 2 aliphatic carbocycles. The predicted octanol–water partition coefficient (Wildman–Crippen LogP) is 7.46. The maximum Gasteiger partial charge on any atom is 0.140 e. The molecular formula is C28H26O2S. The molecule has 2 nitrogen and oxygen atoms in total. The Morgan fingerprint density at radius 2 is 1.58 bits per heavy atom. The Morgan fingerprint density at radius 3 is 2.26 bits per heavy atom. The summed E-state index contributed by atoms with van der Waals surface area (Å²) < 4.78 is 0. The van der Waals surface area contributed by atoms with Crippen LogP contribution < -0.4 is 0 Å². The Hall–Kier alpha value is -3.17. The number of allylic oxidation sites excluding steroid dienone is 1. The number of phenols is 1. The van der Waals surface area contributed by atoms with Gasteiger partial charge in [0.25, 0.3) is 0 Å². The van der Waals surface area contributed by atoms with Crippen molar-refractivity contribution >= 4 is 34.0 Å². The molecule has 0 bridgehead atoms. The Kier molecular flexibility index (Phi) is 6.96. The number of hydrogen-bond donors (Lipinski definition) is 1. The topological polar surface area (TPSA) is 37.3 Å². The maximum absolute atomic E-state index is 12.3. The fourth-order valence-corrected chi connectivity index (χ4v) is 4.78. The van der Waals surface area contributed by atoms with Crippen molar-refractivity contribution in [1.29, 1.82) is 0 Å². The van der Waals surface area contributed by atoms with E-state index in [1.54, 1.807) is 35.6 Å². The monoisotopic (exact) mass is 426 g/mol. The molecule has 6 rings (SSSR count). The Bertz CT molecular complexity index is 1130. The second-order valence-electron chi connectivity index (χ2n) is 7.78. The number of benzene rings is 3. The molecule has 0 spiro atoms. The van der Waals surface area contributed by atoms with Crippen LogP contribution in [0.1, 0.15) is 36.3 Å². The minimum Gasteiger partial charge on any atom is -0.508 e. The third-order valence-electron chi connectivity index (χ3n) is 5.77. The lowest BCUT2D eigenvalue weighted by Gasteiger charge is -2.33. The van der Waals surface area contributed by atoms with Crippen molar-refractivity contribution < 1.29 is 9.90 Å². The summed E-state index contributed by atoms with van der Waals surface area (Å²) in [5, 5.41) is 15.2. The Morgan fingerprint density at radius 1 is 0.839 bits per heavy atom. The normalized spacial score (nSPS) is 18.6. The van der Waals surface area contributed by atoms with Crippen molar-refractivity contribution in [3.05, 3.63) is 107 Å². The fraction of sp³-hybridized carbons (Fsp3) is 0.179. The van der Waals surface area contributed by atoms with Crippen LogP contribution in [0, 0.1) is 5.92 Å². The quantitative estimate of drug-likeness (QED) is 0.317. The van der Waals surface area contributed by atoms with Crippen molar-refractivity contribution in [3.63, 3.8) is 0 Å². The molecule has 3 heteroatoms. The first-order valence-electron chi connectivity index (χ1n) is 10.7. The van der Waals surface area contributed by atoms with Crippen LogP contribution in [0.25, 0.3) is 16.8 Å².